The molecule has 4 nitrogen and oxygen atoms in total. The van der Waals surface area contributed by atoms with Crippen molar-refractivity contribution in [2.24, 2.45) is 5.92 Å². The molecule has 1 heterocycles. The largest absolute Gasteiger partial charge is 0.394 e. The highest BCUT2D eigenvalue weighted by Gasteiger charge is 2.36. The Bertz CT molecular complexity index is 237. The van der Waals surface area contributed by atoms with Gasteiger partial charge in [0.2, 0.25) is 0 Å². The van der Waals surface area contributed by atoms with Crippen LogP contribution >= 0.6 is 0 Å². The van der Waals surface area contributed by atoms with Crippen LogP contribution in [0.25, 0.3) is 0 Å². The molecule has 1 saturated heterocycles. The van der Waals surface area contributed by atoms with Crippen LogP contribution in [0.1, 0.15) is 38.5 Å². The zero-order chi connectivity index (χ0) is 12.8. The van der Waals surface area contributed by atoms with Gasteiger partial charge in [-0.15, -0.1) is 0 Å². The second-order valence-corrected chi connectivity index (χ2v) is 5.60. The molecule has 3 unspecified atom stereocenters. The van der Waals surface area contributed by atoms with Gasteiger partial charge in [-0.2, -0.15) is 0 Å². The van der Waals surface area contributed by atoms with E-state index >= 15 is 0 Å². The second kappa shape index (κ2) is 7.43. The van der Waals surface area contributed by atoms with Gasteiger partial charge in [0.15, 0.2) is 0 Å². The van der Waals surface area contributed by atoms with Crippen molar-refractivity contribution in [1.82, 2.24) is 4.90 Å². The SMILES string of the molecule is OCCOCCN1CCCC1C1CCCCC1O. The van der Waals surface area contributed by atoms with E-state index in [2.05, 4.69) is 4.90 Å². The molecule has 0 radical (unpaired) electrons. The van der Waals surface area contributed by atoms with Gasteiger partial charge in [-0.05, 0) is 32.2 Å². The molecule has 4 heteroatoms. The Hall–Kier alpha value is -0.160. The predicted octanol–water partition coefficient (Wildman–Crippen LogP) is 1.01. The number of aliphatic hydroxyl groups excluding tert-OH is 2. The summed E-state index contributed by atoms with van der Waals surface area (Å²) < 4.78 is 5.35. The second-order valence-electron chi connectivity index (χ2n) is 5.60. The van der Waals surface area contributed by atoms with Crippen LogP contribution in [0.4, 0.5) is 0 Å². The van der Waals surface area contributed by atoms with Crippen molar-refractivity contribution in [3.63, 3.8) is 0 Å². The summed E-state index contributed by atoms with van der Waals surface area (Å²) in [5.74, 6) is 0.471. The molecule has 1 aliphatic heterocycles. The highest BCUT2D eigenvalue weighted by atomic mass is 16.5. The van der Waals surface area contributed by atoms with Crippen molar-refractivity contribution in [3.8, 4) is 0 Å². The van der Waals surface area contributed by atoms with Crippen LogP contribution in [0.2, 0.25) is 0 Å². The fraction of sp³-hybridized carbons (Fsp3) is 1.00. The van der Waals surface area contributed by atoms with Crippen LogP contribution in [0.5, 0.6) is 0 Å². The highest BCUT2D eigenvalue weighted by Crippen LogP contribution is 2.34. The zero-order valence-corrected chi connectivity index (χ0v) is 11.3. The first-order valence-electron chi connectivity index (χ1n) is 7.43. The fourth-order valence-electron chi connectivity index (χ4n) is 3.55. The third-order valence-corrected chi connectivity index (χ3v) is 4.45. The molecule has 2 fully saturated rings. The van der Waals surface area contributed by atoms with Crippen LogP contribution in [-0.4, -0.2) is 60.2 Å². The summed E-state index contributed by atoms with van der Waals surface area (Å²) in [7, 11) is 0. The minimum Gasteiger partial charge on any atom is -0.394 e. The van der Waals surface area contributed by atoms with E-state index in [1.807, 2.05) is 0 Å². The topological polar surface area (TPSA) is 52.9 Å². The Balaban J connectivity index is 1.78. The Morgan fingerprint density at radius 1 is 1.06 bits per heavy atom. The molecular weight excluding hydrogens is 230 g/mol. The quantitative estimate of drug-likeness (QED) is 0.697. The number of rotatable bonds is 6. The van der Waals surface area contributed by atoms with Crippen molar-refractivity contribution in [1.29, 1.82) is 0 Å². The van der Waals surface area contributed by atoms with Crippen LogP contribution in [0.3, 0.4) is 0 Å². The first-order chi connectivity index (χ1) is 8.83. The monoisotopic (exact) mass is 257 g/mol. The molecule has 2 N–H and O–H groups in total. The van der Waals surface area contributed by atoms with Gasteiger partial charge in [0.1, 0.15) is 0 Å². The molecule has 0 bridgehead atoms. The summed E-state index contributed by atoms with van der Waals surface area (Å²) in [5.41, 5.74) is 0. The zero-order valence-electron chi connectivity index (χ0n) is 11.3. The maximum absolute atomic E-state index is 10.2. The van der Waals surface area contributed by atoms with Crippen LogP contribution < -0.4 is 0 Å². The van der Waals surface area contributed by atoms with E-state index in [4.69, 9.17) is 9.84 Å². The van der Waals surface area contributed by atoms with E-state index < -0.39 is 0 Å². The van der Waals surface area contributed by atoms with E-state index in [0.29, 0.717) is 25.2 Å². The van der Waals surface area contributed by atoms with E-state index in [-0.39, 0.29) is 12.7 Å². The van der Waals surface area contributed by atoms with Crippen molar-refractivity contribution < 1.29 is 14.9 Å². The average molecular weight is 257 g/mol. The molecular formula is C14H27NO3. The molecule has 2 rings (SSSR count). The summed E-state index contributed by atoms with van der Waals surface area (Å²) in [6, 6.07) is 0.554. The molecule has 1 aliphatic carbocycles. The summed E-state index contributed by atoms with van der Waals surface area (Å²) >= 11 is 0. The lowest BCUT2D eigenvalue weighted by Crippen LogP contribution is -2.43. The van der Waals surface area contributed by atoms with Gasteiger partial charge in [0, 0.05) is 18.5 Å². The third kappa shape index (κ3) is 3.67. The smallest absolute Gasteiger partial charge is 0.0698 e. The standard InChI is InChI=1S/C14H27NO3/c16-9-11-18-10-8-15-7-3-5-13(15)12-4-1-2-6-14(12)17/h12-14,16-17H,1-11H2. The van der Waals surface area contributed by atoms with E-state index in [1.54, 1.807) is 0 Å². The molecule has 3 atom stereocenters. The number of likely N-dealkylation sites (tertiary alicyclic amines) is 1. The van der Waals surface area contributed by atoms with E-state index in [0.717, 1.165) is 19.5 Å². The van der Waals surface area contributed by atoms with Crippen LogP contribution in [0, 0.1) is 5.92 Å². The van der Waals surface area contributed by atoms with Gasteiger partial charge >= 0.3 is 0 Å². The molecule has 0 aromatic carbocycles. The number of hydrogen-bond acceptors (Lipinski definition) is 4. The summed E-state index contributed by atoms with van der Waals surface area (Å²) in [5, 5.41) is 18.8. The van der Waals surface area contributed by atoms with Gasteiger partial charge in [0.25, 0.3) is 0 Å². The predicted molar refractivity (Wildman–Crippen MR) is 70.5 cm³/mol. The molecule has 0 aromatic rings. The third-order valence-electron chi connectivity index (χ3n) is 4.45. The first kappa shape index (κ1) is 14.3. The summed E-state index contributed by atoms with van der Waals surface area (Å²) in [6.07, 6.45) is 6.99. The molecule has 0 aromatic heterocycles. The molecule has 106 valence electrons. The maximum atomic E-state index is 10.2. The first-order valence-corrected chi connectivity index (χ1v) is 7.43. The Morgan fingerprint density at radius 3 is 2.67 bits per heavy atom. The van der Waals surface area contributed by atoms with E-state index in [1.165, 1.54) is 32.1 Å². The fourth-order valence-corrected chi connectivity index (χ4v) is 3.55. The van der Waals surface area contributed by atoms with Crippen molar-refractivity contribution in [3.05, 3.63) is 0 Å². The molecule has 2 aliphatic rings. The van der Waals surface area contributed by atoms with Gasteiger partial charge < -0.3 is 14.9 Å². The highest BCUT2D eigenvalue weighted by molar-refractivity contribution is 4.90. The minimum absolute atomic E-state index is 0.0947. The normalized spacial score (nSPS) is 34.0. The summed E-state index contributed by atoms with van der Waals surface area (Å²) in [4.78, 5) is 2.48. The number of aliphatic hydroxyl groups is 2. The lowest BCUT2D eigenvalue weighted by atomic mass is 9.80. The number of hydrogen-bond donors (Lipinski definition) is 2. The van der Waals surface area contributed by atoms with Crippen molar-refractivity contribution >= 4 is 0 Å². The van der Waals surface area contributed by atoms with Crippen molar-refractivity contribution in [2.75, 3.05) is 32.9 Å². The van der Waals surface area contributed by atoms with Gasteiger partial charge in [-0.3, -0.25) is 4.90 Å². The van der Waals surface area contributed by atoms with Gasteiger partial charge in [-0.1, -0.05) is 12.8 Å². The number of ether oxygens (including phenoxy) is 1. The van der Waals surface area contributed by atoms with Crippen LogP contribution in [-0.2, 0) is 4.74 Å². The summed E-state index contributed by atoms with van der Waals surface area (Å²) in [6.45, 7) is 3.31. The molecule has 0 amide bonds. The van der Waals surface area contributed by atoms with Crippen LogP contribution in [0.15, 0.2) is 0 Å². The Kier molecular flexibility index (Phi) is 5.89. The minimum atomic E-state index is -0.0947. The number of nitrogens with zero attached hydrogens (tertiary/aromatic N) is 1. The van der Waals surface area contributed by atoms with E-state index in [9.17, 15) is 5.11 Å². The lowest BCUT2D eigenvalue weighted by molar-refractivity contribution is 0.0105. The molecule has 0 spiro atoms. The average Bonchev–Trinajstić information content (AvgIpc) is 2.83. The lowest BCUT2D eigenvalue weighted by Gasteiger charge is -2.37. The molecule has 18 heavy (non-hydrogen) atoms. The van der Waals surface area contributed by atoms with Gasteiger partial charge in [-0.25, -0.2) is 0 Å². The van der Waals surface area contributed by atoms with Crippen molar-refractivity contribution in [2.45, 2.75) is 50.7 Å². The molecule has 1 saturated carbocycles. The maximum Gasteiger partial charge on any atom is 0.0698 e. The Morgan fingerprint density at radius 2 is 1.89 bits per heavy atom. The van der Waals surface area contributed by atoms with Gasteiger partial charge in [0.05, 0.1) is 25.9 Å². The Labute approximate surface area is 110 Å².